The van der Waals surface area contributed by atoms with Gasteiger partial charge < -0.3 is 9.59 Å². The van der Waals surface area contributed by atoms with E-state index in [9.17, 15) is 5.11 Å². The van der Waals surface area contributed by atoms with Gasteiger partial charge in [0, 0.05) is 28.8 Å². The third-order valence-corrected chi connectivity index (χ3v) is 6.82. The summed E-state index contributed by atoms with van der Waals surface area (Å²) in [5.41, 5.74) is 0.668. The first-order valence-corrected chi connectivity index (χ1v) is 9.74. The molecule has 5 rings (SSSR count). The lowest BCUT2D eigenvalue weighted by Gasteiger charge is -2.55. The summed E-state index contributed by atoms with van der Waals surface area (Å²) in [4.78, 5) is 0. The molecular weight excluding hydrogens is 353 g/mol. The number of piperidine rings is 3. The van der Waals surface area contributed by atoms with Crippen LogP contribution in [0.5, 0.6) is 0 Å². The zero-order valence-electron chi connectivity index (χ0n) is 14.5. The molecule has 1 atom stereocenters. The molecule has 132 valence electrons. The molecule has 25 heavy (non-hydrogen) atoms. The highest BCUT2D eigenvalue weighted by Gasteiger charge is 2.53. The van der Waals surface area contributed by atoms with Crippen molar-refractivity contribution in [3.8, 4) is 0 Å². The van der Waals surface area contributed by atoms with Crippen molar-refractivity contribution in [2.45, 2.75) is 18.4 Å². The molecule has 3 aliphatic heterocycles. The Hall–Kier alpha value is -1.06. The van der Waals surface area contributed by atoms with Crippen LogP contribution in [0.2, 0.25) is 10.0 Å². The van der Waals surface area contributed by atoms with Gasteiger partial charge in [-0.15, -0.1) is 0 Å². The summed E-state index contributed by atoms with van der Waals surface area (Å²) >= 11 is 12.5. The molecule has 3 saturated heterocycles. The fourth-order valence-corrected chi connectivity index (χ4v) is 5.32. The maximum atomic E-state index is 12.1. The monoisotopic (exact) mass is 376 g/mol. The highest BCUT2D eigenvalue weighted by atomic mass is 35.5. The van der Waals surface area contributed by atoms with Gasteiger partial charge in [0.05, 0.1) is 26.7 Å². The molecule has 2 aromatic rings. The Kier molecular flexibility index (Phi) is 4.36. The first kappa shape index (κ1) is 17.4. The third-order valence-electron chi connectivity index (χ3n) is 6.35. The van der Waals surface area contributed by atoms with Crippen LogP contribution in [0.25, 0.3) is 0 Å². The number of halogens is 2. The number of hydrogen-bond acceptors (Lipinski definition) is 1. The highest BCUT2D eigenvalue weighted by Crippen LogP contribution is 2.49. The number of benzene rings is 2. The normalized spacial score (nSPS) is 29.0. The molecule has 0 amide bonds. The van der Waals surface area contributed by atoms with Crippen molar-refractivity contribution in [2.75, 3.05) is 26.7 Å². The van der Waals surface area contributed by atoms with Gasteiger partial charge in [-0.1, -0.05) is 47.5 Å². The maximum absolute atomic E-state index is 12.1. The van der Waals surface area contributed by atoms with Gasteiger partial charge in [0.1, 0.15) is 5.60 Å². The van der Waals surface area contributed by atoms with Crippen molar-refractivity contribution >= 4 is 23.2 Å². The quantitative estimate of drug-likeness (QED) is 0.768. The molecule has 0 aromatic heterocycles. The van der Waals surface area contributed by atoms with E-state index in [0.29, 0.717) is 16.0 Å². The lowest BCUT2D eigenvalue weighted by Crippen LogP contribution is -2.63. The van der Waals surface area contributed by atoms with Gasteiger partial charge in [0.15, 0.2) is 0 Å². The fraction of sp³-hybridized carbons (Fsp3) is 0.429. The number of aliphatic hydroxyl groups is 1. The van der Waals surface area contributed by atoms with E-state index in [1.807, 2.05) is 48.5 Å². The summed E-state index contributed by atoms with van der Waals surface area (Å²) < 4.78 is 1.05. The number of nitrogens with zero attached hydrogens (tertiary/aromatic N) is 1. The molecule has 1 N–H and O–H groups in total. The van der Waals surface area contributed by atoms with E-state index in [-0.39, 0.29) is 5.92 Å². The number of quaternary nitrogens is 1. The second-order valence-corrected chi connectivity index (χ2v) is 8.85. The standard InChI is InChI=1S/C21H24Cl2NO/c1-24-10-8-15(9-11-24)20(14-24)21(25,16-4-2-6-18(22)12-16)17-5-3-7-19(23)13-17/h2-7,12-13,15,20,25H,8-11,14H2,1H3/q+1/t15?,20-,24?/m1/s1. The molecular formula is C21H24Cl2NO+. The predicted octanol–water partition coefficient (Wildman–Crippen LogP) is 4.72. The van der Waals surface area contributed by atoms with Crippen LogP contribution in [0.3, 0.4) is 0 Å². The molecule has 3 aliphatic rings. The number of rotatable bonds is 3. The van der Waals surface area contributed by atoms with Crippen molar-refractivity contribution < 1.29 is 9.59 Å². The van der Waals surface area contributed by atoms with Gasteiger partial charge in [-0.05, 0) is 41.3 Å². The van der Waals surface area contributed by atoms with Gasteiger partial charge in [0.2, 0.25) is 0 Å². The van der Waals surface area contributed by atoms with Crippen molar-refractivity contribution in [1.29, 1.82) is 0 Å². The minimum absolute atomic E-state index is 0.164. The van der Waals surface area contributed by atoms with Crippen LogP contribution < -0.4 is 0 Å². The molecule has 0 spiro atoms. The molecule has 2 bridgehead atoms. The average molecular weight is 377 g/mol. The van der Waals surface area contributed by atoms with E-state index in [4.69, 9.17) is 23.2 Å². The van der Waals surface area contributed by atoms with Crippen LogP contribution in [-0.4, -0.2) is 36.3 Å². The first-order chi connectivity index (χ1) is 11.9. The molecule has 0 aliphatic carbocycles. The molecule has 0 radical (unpaired) electrons. The summed E-state index contributed by atoms with van der Waals surface area (Å²) in [6, 6.07) is 15.3. The minimum atomic E-state index is -1.07. The summed E-state index contributed by atoms with van der Waals surface area (Å²) in [6.45, 7) is 3.41. The second kappa shape index (κ2) is 6.28. The maximum Gasteiger partial charge on any atom is 0.123 e. The Balaban J connectivity index is 1.87. The van der Waals surface area contributed by atoms with Crippen molar-refractivity contribution in [3.05, 3.63) is 69.7 Å². The zero-order chi connectivity index (χ0) is 17.7. The Bertz CT molecular complexity index is 737. The Labute approximate surface area is 159 Å². The van der Waals surface area contributed by atoms with Gasteiger partial charge in [0.25, 0.3) is 0 Å². The zero-order valence-corrected chi connectivity index (χ0v) is 16.0. The summed E-state index contributed by atoms with van der Waals surface area (Å²) in [5.74, 6) is 0.694. The van der Waals surface area contributed by atoms with E-state index in [2.05, 4.69) is 7.05 Å². The van der Waals surface area contributed by atoms with Crippen LogP contribution in [-0.2, 0) is 5.60 Å². The fourth-order valence-electron chi connectivity index (χ4n) is 4.94. The smallest absolute Gasteiger partial charge is 0.123 e. The van der Waals surface area contributed by atoms with Crippen LogP contribution >= 0.6 is 23.2 Å². The first-order valence-electron chi connectivity index (χ1n) is 8.99. The van der Waals surface area contributed by atoms with Crippen LogP contribution in [0.4, 0.5) is 0 Å². The largest absolute Gasteiger partial charge is 0.380 e. The molecule has 2 aromatic carbocycles. The molecule has 3 heterocycles. The van der Waals surface area contributed by atoms with Gasteiger partial charge in [-0.25, -0.2) is 0 Å². The lowest BCUT2D eigenvalue weighted by molar-refractivity contribution is -0.930. The number of fused-ring (bicyclic) bond motifs is 3. The molecule has 3 fully saturated rings. The molecule has 2 nitrogen and oxygen atoms in total. The molecule has 4 heteroatoms. The Morgan fingerprint density at radius 1 is 0.960 bits per heavy atom. The van der Waals surface area contributed by atoms with Crippen molar-refractivity contribution in [3.63, 3.8) is 0 Å². The molecule has 0 saturated carbocycles. The SMILES string of the molecule is C[N+]12CCC(CC1)[C@H](C(O)(c1cccc(Cl)c1)c1cccc(Cl)c1)C2. The Morgan fingerprint density at radius 2 is 1.48 bits per heavy atom. The van der Waals surface area contributed by atoms with Gasteiger partial charge in [-0.3, -0.25) is 0 Å². The lowest BCUT2D eigenvalue weighted by atomic mass is 9.64. The van der Waals surface area contributed by atoms with Gasteiger partial charge in [-0.2, -0.15) is 0 Å². The van der Waals surface area contributed by atoms with Crippen molar-refractivity contribution in [2.24, 2.45) is 11.8 Å². The summed E-state index contributed by atoms with van der Waals surface area (Å²) in [6.07, 6.45) is 2.34. The van der Waals surface area contributed by atoms with Crippen LogP contribution in [0, 0.1) is 11.8 Å². The third kappa shape index (κ3) is 3.00. The number of hydrogen-bond donors (Lipinski definition) is 1. The van der Waals surface area contributed by atoms with E-state index in [1.54, 1.807) is 0 Å². The molecule has 0 unspecified atom stereocenters. The summed E-state index contributed by atoms with van der Waals surface area (Å²) in [7, 11) is 2.32. The van der Waals surface area contributed by atoms with Gasteiger partial charge >= 0.3 is 0 Å². The second-order valence-electron chi connectivity index (χ2n) is 7.98. The van der Waals surface area contributed by atoms with E-state index in [1.165, 1.54) is 25.9 Å². The predicted molar refractivity (Wildman–Crippen MR) is 103 cm³/mol. The average Bonchev–Trinajstić information content (AvgIpc) is 2.61. The van der Waals surface area contributed by atoms with Crippen molar-refractivity contribution in [1.82, 2.24) is 0 Å². The minimum Gasteiger partial charge on any atom is -0.380 e. The van der Waals surface area contributed by atoms with E-state index >= 15 is 0 Å². The van der Waals surface area contributed by atoms with Crippen LogP contribution in [0.1, 0.15) is 24.0 Å². The topological polar surface area (TPSA) is 20.2 Å². The van der Waals surface area contributed by atoms with E-state index < -0.39 is 5.60 Å². The Morgan fingerprint density at radius 3 is 1.92 bits per heavy atom. The van der Waals surface area contributed by atoms with Crippen LogP contribution in [0.15, 0.2) is 48.5 Å². The highest BCUT2D eigenvalue weighted by molar-refractivity contribution is 6.31. The summed E-state index contributed by atoms with van der Waals surface area (Å²) in [5, 5.41) is 13.4. The van der Waals surface area contributed by atoms with E-state index in [0.717, 1.165) is 22.2 Å².